The number of imide groups is 2. The van der Waals surface area contributed by atoms with Crippen LogP contribution in [0, 0.1) is 23.7 Å². The highest BCUT2D eigenvalue weighted by atomic mass is 35.5. The molecule has 14 nitrogen and oxygen atoms in total. The van der Waals surface area contributed by atoms with Gasteiger partial charge in [0.25, 0.3) is 11.8 Å². The summed E-state index contributed by atoms with van der Waals surface area (Å²) in [6, 6.07) is 17.9. The van der Waals surface area contributed by atoms with Crippen LogP contribution in [0.25, 0.3) is 0 Å². The normalized spacial score (nSPS) is 24.8. The molecule has 3 fully saturated rings. The first-order valence-corrected chi connectivity index (χ1v) is 18.9. The number of methoxy groups -OCH3 is 3. The molecule has 4 aliphatic rings. The highest BCUT2D eigenvalue weighted by Crippen LogP contribution is 2.65. The molecule has 0 spiro atoms. The zero-order chi connectivity index (χ0) is 41.4. The van der Waals surface area contributed by atoms with Gasteiger partial charge in [0, 0.05) is 17.0 Å². The third-order valence-electron chi connectivity index (χ3n) is 11.9. The molecule has 4 N–H and O–H groups in total. The van der Waals surface area contributed by atoms with Crippen molar-refractivity contribution < 1.29 is 53.5 Å². The predicted octanol–water partition coefficient (Wildman–Crippen LogP) is 6.32. The van der Waals surface area contributed by atoms with Crippen molar-refractivity contribution in [3.05, 3.63) is 111 Å². The number of rotatable bonds is 9. The Labute approximate surface area is 341 Å². The van der Waals surface area contributed by atoms with Gasteiger partial charge < -0.3 is 29.5 Å². The van der Waals surface area contributed by atoms with E-state index < -0.39 is 75.9 Å². The van der Waals surface area contributed by atoms with Crippen LogP contribution < -0.4 is 24.5 Å². The number of nitrogens with one attached hydrogen (secondary N) is 1. The van der Waals surface area contributed by atoms with E-state index in [9.17, 15) is 29.7 Å². The average molecular weight is 829 g/mol. The number of carbonyl (C=O) groups excluding carboxylic acids is 4. The van der Waals surface area contributed by atoms with Crippen LogP contribution in [0.5, 0.6) is 28.7 Å². The minimum Gasteiger partial charge on any atom is -0.507 e. The maximum absolute atomic E-state index is 15.5. The molecule has 0 radical (unpaired) electrons. The van der Waals surface area contributed by atoms with Crippen LogP contribution >= 0.6 is 23.2 Å². The smallest absolute Gasteiger partial charge is 0.339 e. The molecule has 0 aromatic heterocycles. The summed E-state index contributed by atoms with van der Waals surface area (Å²) in [7, 11) is 4.22. The second-order valence-corrected chi connectivity index (χ2v) is 15.3. The highest BCUT2D eigenvalue weighted by molar-refractivity contribution is 6.36. The van der Waals surface area contributed by atoms with E-state index >= 15 is 9.59 Å². The summed E-state index contributed by atoms with van der Waals surface area (Å²) in [6.07, 6.45) is 1.87. The van der Waals surface area contributed by atoms with Crippen molar-refractivity contribution in [2.24, 2.45) is 23.7 Å². The Kier molecular flexibility index (Phi) is 9.52. The van der Waals surface area contributed by atoms with Gasteiger partial charge in [-0.25, -0.2) is 9.69 Å². The van der Waals surface area contributed by atoms with Crippen molar-refractivity contribution in [2.75, 3.05) is 31.7 Å². The highest BCUT2D eigenvalue weighted by Gasteiger charge is 2.70. The number of allylic oxidation sites excluding steroid dienone is 2. The number of benzene rings is 4. The minimum atomic E-state index is -1.71. The number of aromatic carboxylic acids is 1. The largest absolute Gasteiger partial charge is 0.507 e. The number of fused-ring (bicyclic) bond motifs is 4. The molecule has 298 valence electrons. The zero-order valence-electron chi connectivity index (χ0n) is 31.1. The molecule has 2 aliphatic carbocycles. The van der Waals surface area contributed by atoms with Crippen molar-refractivity contribution in [1.29, 1.82) is 0 Å². The van der Waals surface area contributed by atoms with Crippen LogP contribution in [0.1, 0.15) is 40.2 Å². The molecule has 8 rings (SSSR count). The summed E-state index contributed by atoms with van der Waals surface area (Å²) in [4.78, 5) is 72.0. The van der Waals surface area contributed by atoms with E-state index in [4.69, 9.17) is 37.4 Å². The van der Waals surface area contributed by atoms with Gasteiger partial charge in [0.2, 0.25) is 17.6 Å². The Morgan fingerprint density at radius 1 is 0.828 bits per heavy atom. The summed E-state index contributed by atoms with van der Waals surface area (Å²) < 4.78 is 16.6. The first-order valence-electron chi connectivity index (χ1n) is 18.1. The number of carboxylic acids is 1. The van der Waals surface area contributed by atoms with Crippen molar-refractivity contribution in [3.63, 3.8) is 0 Å². The van der Waals surface area contributed by atoms with E-state index in [2.05, 4.69) is 5.43 Å². The van der Waals surface area contributed by atoms with Crippen LogP contribution in [-0.2, 0) is 24.6 Å². The Morgan fingerprint density at radius 2 is 1.52 bits per heavy atom. The number of anilines is 2. The molecule has 0 bridgehead atoms. The molecule has 2 saturated heterocycles. The summed E-state index contributed by atoms with van der Waals surface area (Å²) in [5, 5.41) is 32.4. The number of hydrazine groups is 1. The molecule has 4 amide bonds. The van der Waals surface area contributed by atoms with Crippen LogP contribution in [0.4, 0.5) is 11.4 Å². The number of carboxylic acid groups (broad SMARTS) is 1. The van der Waals surface area contributed by atoms with Gasteiger partial charge in [-0.2, -0.15) is 5.01 Å². The molecule has 58 heavy (non-hydrogen) atoms. The van der Waals surface area contributed by atoms with Crippen LogP contribution in [-0.4, -0.2) is 71.3 Å². The number of ether oxygens (including phenoxy) is 3. The third-order valence-corrected chi connectivity index (χ3v) is 12.4. The lowest BCUT2D eigenvalue weighted by Crippen LogP contribution is -2.53. The lowest BCUT2D eigenvalue weighted by Gasteiger charge is -2.50. The summed E-state index contributed by atoms with van der Waals surface area (Å²) in [6.45, 7) is 0. The first kappa shape index (κ1) is 38.6. The van der Waals surface area contributed by atoms with Crippen molar-refractivity contribution >= 4 is 64.2 Å². The number of carbonyl (C=O) groups is 5. The van der Waals surface area contributed by atoms with Crippen LogP contribution in [0.3, 0.4) is 0 Å². The SMILES string of the molecule is COc1ccc(C23C(=O)N(Nc4ccc(Cl)cc4Cl)C(=O)C2CC2C(=CCC4C(=O)N(c5ccc(C(=O)O)c(O)c5)C(=O)C42)C3c2cc(OC)c(O)c(OC)c2)cc1. The number of phenolic OH excluding ortho intramolecular Hbond substituents is 1. The molecule has 4 aromatic carbocycles. The second kappa shape index (κ2) is 14.3. The van der Waals surface area contributed by atoms with Gasteiger partial charge >= 0.3 is 5.97 Å². The van der Waals surface area contributed by atoms with Gasteiger partial charge in [0.15, 0.2) is 11.5 Å². The van der Waals surface area contributed by atoms with E-state index in [1.165, 1.54) is 39.5 Å². The van der Waals surface area contributed by atoms with Crippen molar-refractivity contribution in [1.82, 2.24) is 5.01 Å². The van der Waals surface area contributed by atoms with Crippen LogP contribution in [0.15, 0.2) is 84.4 Å². The van der Waals surface area contributed by atoms with Gasteiger partial charge in [-0.15, -0.1) is 0 Å². The Bertz CT molecular complexity index is 2450. The molecule has 16 heteroatoms. The number of hydrogen-bond donors (Lipinski definition) is 4. The van der Waals surface area contributed by atoms with Crippen LogP contribution in [0.2, 0.25) is 10.0 Å². The van der Waals surface area contributed by atoms with Crippen molar-refractivity contribution in [2.45, 2.75) is 24.2 Å². The van der Waals surface area contributed by atoms with Gasteiger partial charge in [0.05, 0.1) is 60.9 Å². The fourth-order valence-electron chi connectivity index (χ4n) is 9.39. The van der Waals surface area contributed by atoms with E-state index in [0.717, 1.165) is 22.0 Å². The molecule has 2 heterocycles. The standard InChI is InChI=1S/C42H35Cl2N3O11/c1-56-23-8-4-20(5-9-23)42-28(38(51)47(41(42)55)45-30-13-6-21(43)16-29(30)44)18-27-24(35(42)19-14-32(57-2)36(49)33(15-19)58-3)11-12-26-34(27)39(52)46(37(26)50)22-7-10-25(40(53)54)31(48)17-22/h4-11,13-17,26-28,34-35,45,48-49H,12,18H2,1-3H3,(H,53,54). The predicted molar refractivity (Wildman–Crippen MR) is 209 cm³/mol. The van der Waals surface area contributed by atoms with Gasteiger partial charge in [0.1, 0.15) is 17.1 Å². The fraction of sp³-hybridized carbons (Fsp3) is 0.262. The monoisotopic (exact) mass is 827 g/mol. The molecular formula is C42H35Cl2N3O11. The number of halogens is 2. The molecule has 1 saturated carbocycles. The maximum atomic E-state index is 15.5. The van der Waals surface area contributed by atoms with Gasteiger partial charge in [-0.3, -0.25) is 24.6 Å². The number of phenols is 2. The number of hydrogen-bond acceptors (Lipinski definition) is 11. The quantitative estimate of drug-likeness (QED) is 0.109. The average Bonchev–Trinajstić information content (AvgIpc) is 3.59. The van der Waals surface area contributed by atoms with E-state index in [1.807, 2.05) is 6.08 Å². The maximum Gasteiger partial charge on any atom is 0.339 e. The Hall–Kier alpha value is -6.25. The molecule has 4 aromatic rings. The second-order valence-electron chi connectivity index (χ2n) is 14.5. The van der Waals surface area contributed by atoms with Crippen molar-refractivity contribution in [3.8, 4) is 28.7 Å². The molecule has 2 aliphatic heterocycles. The third kappa shape index (κ3) is 5.64. The zero-order valence-corrected chi connectivity index (χ0v) is 32.6. The molecule has 6 atom stereocenters. The molecule has 6 unspecified atom stereocenters. The Balaban J connectivity index is 1.34. The number of amides is 4. The lowest BCUT2D eigenvalue weighted by atomic mass is 9.49. The van der Waals surface area contributed by atoms with E-state index in [1.54, 1.807) is 42.5 Å². The summed E-state index contributed by atoms with van der Waals surface area (Å²) in [5.41, 5.74) is 2.50. The topological polar surface area (TPSA) is 192 Å². The van der Waals surface area contributed by atoms with E-state index in [-0.39, 0.29) is 46.5 Å². The lowest BCUT2D eigenvalue weighted by molar-refractivity contribution is -0.138. The van der Waals surface area contributed by atoms with Gasteiger partial charge in [-0.1, -0.05) is 47.0 Å². The summed E-state index contributed by atoms with van der Waals surface area (Å²) >= 11 is 12.7. The minimum absolute atomic E-state index is 0.0104. The first-order chi connectivity index (χ1) is 27.8. The number of aromatic hydroxyl groups is 2. The van der Waals surface area contributed by atoms with Gasteiger partial charge in [-0.05, 0) is 84.5 Å². The summed E-state index contributed by atoms with van der Waals surface area (Å²) in [5.74, 6) is -9.05. The Morgan fingerprint density at radius 3 is 2.12 bits per heavy atom. The molecular weight excluding hydrogens is 793 g/mol. The number of nitrogens with zero attached hydrogens (tertiary/aromatic N) is 2. The van der Waals surface area contributed by atoms with E-state index in [0.29, 0.717) is 27.5 Å². The fourth-order valence-corrected chi connectivity index (χ4v) is 9.84.